The van der Waals surface area contributed by atoms with E-state index < -0.39 is 0 Å². The third-order valence-corrected chi connectivity index (χ3v) is 2.51. The fourth-order valence-corrected chi connectivity index (χ4v) is 1.88. The van der Waals surface area contributed by atoms with E-state index in [4.69, 9.17) is 0 Å². The van der Waals surface area contributed by atoms with Crippen LogP contribution in [0.25, 0.3) is 0 Å². The molecule has 61 valence electrons. The summed E-state index contributed by atoms with van der Waals surface area (Å²) in [5.41, 5.74) is 2.52. The van der Waals surface area contributed by atoms with Crippen LogP contribution in [0.4, 0.5) is 0 Å². The molecule has 12 heavy (non-hydrogen) atoms. The first-order valence-electron chi connectivity index (χ1n) is 4.37. The van der Waals surface area contributed by atoms with E-state index in [1.54, 1.807) is 0 Å². The Morgan fingerprint density at radius 1 is 1.33 bits per heavy atom. The number of aryl methyl sites for hydroxylation is 1. The van der Waals surface area contributed by atoms with Crippen LogP contribution in [0.15, 0.2) is 24.3 Å². The van der Waals surface area contributed by atoms with E-state index in [0.29, 0.717) is 0 Å². The average molecular weight is 159 g/mol. The van der Waals surface area contributed by atoms with E-state index in [9.17, 15) is 4.79 Å². The van der Waals surface area contributed by atoms with Crippen molar-refractivity contribution in [2.75, 3.05) is 0 Å². The smallest absolute Gasteiger partial charge is 0.206 e. The first kappa shape index (κ1) is 7.53. The van der Waals surface area contributed by atoms with E-state index >= 15 is 0 Å². The van der Waals surface area contributed by atoms with Gasteiger partial charge in [-0.3, -0.25) is 4.79 Å². The topological polar surface area (TPSA) is 17.1 Å². The van der Waals surface area contributed by atoms with Crippen molar-refractivity contribution in [3.05, 3.63) is 35.4 Å². The predicted octanol–water partition coefficient (Wildman–Crippen LogP) is 2.22. The molecule has 0 amide bonds. The summed E-state index contributed by atoms with van der Waals surface area (Å²) in [5.74, 6) is 0.0370. The number of hydrogen-bond donors (Lipinski definition) is 0. The standard InChI is InChI=1S/C11H11O/c12-8-10-6-3-5-9-4-1-2-7-11(9)10/h1-2,4,7,10H,3,5-6H2. The van der Waals surface area contributed by atoms with Crippen molar-refractivity contribution in [2.24, 2.45) is 0 Å². The minimum atomic E-state index is 0.0370. The van der Waals surface area contributed by atoms with E-state index in [1.807, 2.05) is 18.2 Å². The Labute approximate surface area is 72.4 Å². The molecule has 1 aliphatic carbocycles. The van der Waals surface area contributed by atoms with Crippen LogP contribution in [0.5, 0.6) is 0 Å². The number of rotatable bonds is 1. The molecule has 0 saturated heterocycles. The maximum Gasteiger partial charge on any atom is 0.206 e. The molecule has 0 saturated carbocycles. The molecule has 0 heterocycles. The molecule has 1 unspecified atom stereocenters. The lowest BCUT2D eigenvalue weighted by Gasteiger charge is -2.19. The highest BCUT2D eigenvalue weighted by atomic mass is 16.1. The van der Waals surface area contributed by atoms with Gasteiger partial charge < -0.3 is 0 Å². The van der Waals surface area contributed by atoms with Gasteiger partial charge in [-0.25, -0.2) is 0 Å². The molecule has 2 rings (SSSR count). The van der Waals surface area contributed by atoms with Crippen molar-refractivity contribution in [1.82, 2.24) is 0 Å². The Morgan fingerprint density at radius 3 is 3.00 bits per heavy atom. The number of benzene rings is 1. The monoisotopic (exact) mass is 159 g/mol. The SMILES string of the molecule is O=[C]C1CCCc2ccccc21. The van der Waals surface area contributed by atoms with Crippen LogP contribution >= 0.6 is 0 Å². The summed E-state index contributed by atoms with van der Waals surface area (Å²) in [6, 6.07) is 8.18. The predicted molar refractivity (Wildman–Crippen MR) is 47.8 cm³/mol. The maximum absolute atomic E-state index is 10.6. The Hall–Kier alpha value is -1.11. The van der Waals surface area contributed by atoms with Crippen molar-refractivity contribution in [1.29, 1.82) is 0 Å². The first-order chi connectivity index (χ1) is 5.92. The minimum absolute atomic E-state index is 0.0370. The summed E-state index contributed by atoms with van der Waals surface area (Å²) >= 11 is 0. The summed E-state index contributed by atoms with van der Waals surface area (Å²) in [5, 5.41) is 0. The summed E-state index contributed by atoms with van der Waals surface area (Å²) in [6.07, 6.45) is 5.32. The quantitative estimate of drug-likeness (QED) is 0.614. The molecular weight excluding hydrogens is 148 g/mol. The van der Waals surface area contributed by atoms with Gasteiger partial charge >= 0.3 is 0 Å². The molecule has 0 bridgehead atoms. The summed E-state index contributed by atoms with van der Waals surface area (Å²) in [4.78, 5) is 10.6. The molecule has 0 fully saturated rings. The van der Waals surface area contributed by atoms with Gasteiger partial charge in [-0.1, -0.05) is 24.3 Å². The third-order valence-electron chi connectivity index (χ3n) is 2.51. The Morgan fingerprint density at radius 2 is 2.17 bits per heavy atom. The van der Waals surface area contributed by atoms with Gasteiger partial charge in [0.05, 0.1) is 5.92 Å². The molecule has 1 radical (unpaired) electrons. The number of fused-ring (bicyclic) bond motifs is 1. The van der Waals surface area contributed by atoms with Crippen LogP contribution in [0.3, 0.4) is 0 Å². The lowest BCUT2D eigenvalue weighted by atomic mass is 9.84. The van der Waals surface area contributed by atoms with Gasteiger partial charge in [0.25, 0.3) is 0 Å². The second kappa shape index (κ2) is 3.10. The second-order valence-corrected chi connectivity index (χ2v) is 3.26. The molecule has 0 aromatic heterocycles. The van der Waals surface area contributed by atoms with Gasteiger partial charge in [0.2, 0.25) is 6.29 Å². The van der Waals surface area contributed by atoms with Crippen molar-refractivity contribution in [3.8, 4) is 0 Å². The largest absolute Gasteiger partial charge is 0.290 e. The summed E-state index contributed by atoms with van der Waals surface area (Å²) < 4.78 is 0. The van der Waals surface area contributed by atoms with Crippen molar-refractivity contribution < 1.29 is 4.79 Å². The van der Waals surface area contributed by atoms with Crippen LogP contribution < -0.4 is 0 Å². The molecule has 1 nitrogen and oxygen atoms in total. The molecule has 0 spiro atoms. The number of hydrogen-bond acceptors (Lipinski definition) is 1. The van der Waals surface area contributed by atoms with E-state index in [0.717, 1.165) is 19.3 Å². The molecule has 1 heteroatoms. The van der Waals surface area contributed by atoms with Gasteiger partial charge in [0.1, 0.15) is 0 Å². The van der Waals surface area contributed by atoms with Gasteiger partial charge in [-0.05, 0) is 30.4 Å². The molecule has 1 aromatic rings. The number of carbonyl (C=O) groups excluding carboxylic acids is 1. The van der Waals surface area contributed by atoms with Crippen molar-refractivity contribution in [3.63, 3.8) is 0 Å². The van der Waals surface area contributed by atoms with Gasteiger partial charge in [-0.15, -0.1) is 0 Å². The maximum atomic E-state index is 10.6. The molecule has 0 N–H and O–H groups in total. The molecule has 1 atom stereocenters. The summed E-state index contributed by atoms with van der Waals surface area (Å²) in [6.45, 7) is 0. The van der Waals surface area contributed by atoms with Gasteiger partial charge in [-0.2, -0.15) is 0 Å². The van der Waals surface area contributed by atoms with Crippen LogP contribution in [0, 0.1) is 0 Å². The molecular formula is C11H11O. The van der Waals surface area contributed by atoms with E-state index in [1.165, 1.54) is 11.1 Å². The van der Waals surface area contributed by atoms with Crippen molar-refractivity contribution >= 4 is 6.29 Å². The van der Waals surface area contributed by atoms with Crippen LogP contribution in [0.1, 0.15) is 29.9 Å². The van der Waals surface area contributed by atoms with Crippen LogP contribution in [-0.4, -0.2) is 6.29 Å². The zero-order chi connectivity index (χ0) is 8.39. The Bertz CT molecular complexity index is 291. The van der Waals surface area contributed by atoms with Gasteiger partial charge in [0, 0.05) is 0 Å². The van der Waals surface area contributed by atoms with Crippen molar-refractivity contribution in [2.45, 2.75) is 25.2 Å². The Kier molecular flexibility index (Phi) is 1.94. The molecule has 1 aliphatic rings. The molecule has 1 aromatic carbocycles. The lowest BCUT2D eigenvalue weighted by molar-refractivity contribution is 0.526. The minimum Gasteiger partial charge on any atom is -0.290 e. The Balaban J connectivity index is 2.43. The fraction of sp³-hybridized carbons (Fsp3) is 0.364. The van der Waals surface area contributed by atoms with Crippen LogP contribution in [0.2, 0.25) is 0 Å². The summed E-state index contributed by atoms with van der Waals surface area (Å²) in [7, 11) is 0. The highest BCUT2D eigenvalue weighted by Gasteiger charge is 2.18. The second-order valence-electron chi connectivity index (χ2n) is 3.26. The van der Waals surface area contributed by atoms with E-state index in [2.05, 4.69) is 12.4 Å². The van der Waals surface area contributed by atoms with Gasteiger partial charge in [0.15, 0.2) is 0 Å². The lowest BCUT2D eigenvalue weighted by Crippen LogP contribution is -2.10. The highest BCUT2D eigenvalue weighted by Crippen LogP contribution is 2.29. The highest BCUT2D eigenvalue weighted by molar-refractivity contribution is 5.64. The fourth-order valence-electron chi connectivity index (χ4n) is 1.88. The average Bonchev–Trinajstić information content (AvgIpc) is 2.17. The normalized spacial score (nSPS) is 21.5. The first-order valence-corrected chi connectivity index (χ1v) is 4.37. The zero-order valence-corrected chi connectivity index (χ0v) is 6.92. The van der Waals surface area contributed by atoms with E-state index in [-0.39, 0.29) is 5.92 Å². The third kappa shape index (κ3) is 1.15. The molecule has 0 aliphatic heterocycles. The van der Waals surface area contributed by atoms with Crippen LogP contribution in [-0.2, 0) is 11.2 Å². The zero-order valence-electron chi connectivity index (χ0n) is 6.92.